The van der Waals surface area contributed by atoms with Crippen molar-refractivity contribution in [1.82, 2.24) is 4.90 Å². The maximum Gasteiger partial charge on any atom is 1.00 e. The smallest absolute Gasteiger partial charge is 0.625 e. The van der Waals surface area contributed by atoms with Crippen LogP contribution in [0.4, 0.5) is 0 Å². The van der Waals surface area contributed by atoms with E-state index >= 15 is 0 Å². The molecule has 0 rings (SSSR count). The Hall–Kier alpha value is -1.06. The maximum atomic E-state index is 10.4. The molecule has 0 unspecified atom stereocenters. The number of amides is 1. The third-order valence-corrected chi connectivity index (χ3v) is 1.17. The summed E-state index contributed by atoms with van der Waals surface area (Å²) in [6.45, 7) is 3.35. The molecular formula is C9H17BNNaO7. The fraction of sp³-hybridized carbons (Fsp3) is 0.556. The molecule has 8 nitrogen and oxygen atoms in total. The average molecular weight is 285 g/mol. The van der Waals surface area contributed by atoms with E-state index in [2.05, 4.69) is 14.0 Å². The van der Waals surface area contributed by atoms with Crippen LogP contribution in [0.25, 0.3) is 0 Å². The number of rotatable bonds is 4. The van der Waals surface area contributed by atoms with Gasteiger partial charge in [0.2, 0.25) is 6.41 Å². The predicted octanol–water partition coefficient (Wildman–Crippen LogP) is -3.90. The molecule has 0 aromatic heterocycles. The van der Waals surface area contributed by atoms with Gasteiger partial charge in [0, 0.05) is 34.9 Å². The molecule has 0 aliphatic heterocycles. The van der Waals surface area contributed by atoms with Gasteiger partial charge in [0.15, 0.2) is 0 Å². The first-order chi connectivity index (χ1) is 8.18. The van der Waals surface area contributed by atoms with Crippen molar-refractivity contribution in [1.29, 1.82) is 0 Å². The molecule has 0 fully saturated rings. The van der Waals surface area contributed by atoms with E-state index in [9.17, 15) is 19.2 Å². The zero-order valence-corrected chi connectivity index (χ0v) is 14.1. The number of carbonyl (C=O) groups excluding carboxylic acids is 4. The summed E-state index contributed by atoms with van der Waals surface area (Å²) in [6, 6.07) is 0. The van der Waals surface area contributed by atoms with Crippen LogP contribution < -0.4 is 29.6 Å². The van der Waals surface area contributed by atoms with Gasteiger partial charge in [-0.05, 0) is 0 Å². The van der Waals surface area contributed by atoms with Crippen molar-refractivity contribution in [3.8, 4) is 0 Å². The van der Waals surface area contributed by atoms with Crippen LogP contribution in [0.2, 0.25) is 0 Å². The van der Waals surface area contributed by atoms with Gasteiger partial charge in [-0.25, -0.2) is 0 Å². The first-order valence-electron chi connectivity index (χ1n) is 4.98. The van der Waals surface area contributed by atoms with Gasteiger partial charge >= 0.3 is 36.9 Å². The summed E-state index contributed by atoms with van der Waals surface area (Å²) in [6.07, 6.45) is 0.750. The Morgan fingerprint density at radius 3 is 1.21 bits per heavy atom. The first kappa shape index (κ1) is 23.1. The van der Waals surface area contributed by atoms with Gasteiger partial charge < -0.3 is 18.9 Å². The predicted molar refractivity (Wildman–Crippen MR) is 62.2 cm³/mol. The van der Waals surface area contributed by atoms with Crippen molar-refractivity contribution in [2.45, 2.75) is 20.8 Å². The Morgan fingerprint density at radius 2 is 1.11 bits per heavy atom. The van der Waals surface area contributed by atoms with E-state index in [1.807, 2.05) is 0 Å². The summed E-state index contributed by atoms with van der Waals surface area (Å²) in [7, 11) is 0.965. The minimum atomic E-state index is -2.41. The monoisotopic (exact) mass is 285 g/mol. The second-order valence-corrected chi connectivity index (χ2v) is 3.33. The Morgan fingerprint density at radius 1 is 0.895 bits per heavy atom. The minimum Gasteiger partial charge on any atom is -0.625 e. The molecule has 0 heterocycles. The molecule has 104 valence electrons. The third kappa shape index (κ3) is 22.6. The molecule has 1 amide bonds. The van der Waals surface area contributed by atoms with Crippen LogP contribution in [0, 0.1) is 0 Å². The van der Waals surface area contributed by atoms with Crippen LogP contribution in [-0.2, 0) is 33.1 Å². The Bertz CT molecular complexity index is 273. The standard InChI is InChI=1S/C6H10BO6.C3H7NO.Na/c1-4(8)11-7(12-5(2)9)13-6(3)10;1-4(2)3-5;/h7H,1-3H3;3H,1-2H3;/q-1;;+1. The van der Waals surface area contributed by atoms with E-state index in [0.717, 1.165) is 27.2 Å². The van der Waals surface area contributed by atoms with Gasteiger partial charge in [-0.2, -0.15) is 0 Å². The van der Waals surface area contributed by atoms with Crippen LogP contribution >= 0.6 is 0 Å². The molecule has 0 aromatic carbocycles. The SMILES string of the molecule is CC(=O)O[BH-](OC(C)=O)OC(C)=O.CN(C)C=O.[Na+]. The van der Waals surface area contributed by atoms with E-state index in [1.54, 1.807) is 14.1 Å². The Kier molecular flexibility index (Phi) is 16.2. The van der Waals surface area contributed by atoms with Gasteiger partial charge in [-0.15, -0.1) is 0 Å². The molecule has 0 atom stereocenters. The Labute approximate surface area is 134 Å². The number of carbonyl (C=O) groups is 4. The quantitative estimate of drug-likeness (QED) is 0.384. The third-order valence-electron chi connectivity index (χ3n) is 1.17. The second kappa shape index (κ2) is 13.4. The van der Waals surface area contributed by atoms with E-state index in [-0.39, 0.29) is 29.6 Å². The molecule has 0 aromatic rings. The van der Waals surface area contributed by atoms with E-state index in [0.29, 0.717) is 0 Å². The van der Waals surface area contributed by atoms with E-state index in [1.165, 1.54) is 4.90 Å². The van der Waals surface area contributed by atoms with E-state index < -0.39 is 25.2 Å². The molecule has 19 heavy (non-hydrogen) atoms. The van der Waals surface area contributed by atoms with Gasteiger partial charge in [0.05, 0.1) is 0 Å². The molecule has 10 heteroatoms. The fourth-order valence-electron chi connectivity index (χ4n) is 0.586. The zero-order chi connectivity index (χ0) is 14.7. The van der Waals surface area contributed by atoms with Crippen LogP contribution in [0.15, 0.2) is 0 Å². The average Bonchev–Trinajstić information content (AvgIpc) is 2.14. The molecule has 0 radical (unpaired) electrons. The summed E-state index contributed by atoms with van der Waals surface area (Å²) in [5, 5.41) is 0. The van der Waals surface area contributed by atoms with Crippen LogP contribution in [0.3, 0.4) is 0 Å². The fourth-order valence-corrected chi connectivity index (χ4v) is 0.586. The maximum absolute atomic E-state index is 10.4. The van der Waals surface area contributed by atoms with Crippen LogP contribution in [-0.4, -0.2) is 50.6 Å². The van der Waals surface area contributed by atoms with Gasteiger partial charge in [-0.3, -0.25) is 19.2 Å². The van der Waals surface area contributed by atoms with Gasteiger partial charge in [-0.1, -0.05) is 0 Å². The molecule has 0 aliphatic rings. The molecule has 0 N–H and O–H groups in total. The van der Waals surface area contributed by atoms with Gasteiger partial charge in [0.25, 0.3) is 17.9 Å². The minimum absolute atomic E-state index is 0. The molecule has 0 spiro atoms. The summed E-state index contributed by atoms with van der Waals surface area (Å²) in [5.74, 6) is -2.03. The molecule has 0 aliphatic carbocycles. The van der Waals surface area contributed by atoms with E-state index in [4.69, 9.17) is 0 Å². The van der Waals surface area contributed by atoms with Crippen molar-refractivity contribution in [2.24, 2.45) is 0 Å². The largest absolute Gasteiger partial charge is 1.00 e. The molecule has 0 bridgehead atoms. The number of nitrogens with zero attached hydrogens (tertiary/aromatic N) is 1. The zero-order valence-electron chi connectivity index (χ0n) is 12.1. The van der Waals surface area contributed by atoms with Crippen molar-refractivity contribution in [2.75, 3.05) is 14.1 Å². The number of hydrogen-bond donors (Lipinski definition) is 0. The summed E-state index contributed by atoms with van der Waals surface area (Å²) in [4.78, 5) is 42.2. The van der Waals surface area contributed by atoms with Crippen molar-refractivity contribution in [3.63, 3.8) is 0 Å². The van der Waals surface area contributed by atoms with Gasteiger partial charge in [0.1, 0.15) is 0 Å². The topological polar surface area (TPSA) is 99.2 Å². The molecule has 0 saturated heterocycles. The van der Waals surface area contributed by atoms with Crippen LogP contribution in [0.1, 0.15) is 20.8 Å². The van der Waals surface area contributed by atoms with Crippen molar-refractivity contribution < 1.29 is 62.7 Å². The summed E-state index contributed by atoms with van der Waals surface area (Å²) >= 11 is 0. The molecular weight excluding hydrogens is 268 g/mol. The Balaban J connectivity index is -0.000000366. The normalized spacial score (nSPS) is 8.11. The van der Waals surface area contributed by atoms with Crippen molar-refractivity contribution in [3.05, 3.63) is 0 Å². The summed E-state index contributed by atoms with van der Waals surface area (Å²) in [5.41, 5.74) is 0. The molecule has 0 saturated carbocycles. The second-order valence-electron chi connectivity index (χ2n) is 3.33. The summed E-state index contributed by atoms with van der Waals surface area (Å²) < 4.78 is 13.3. The first-order valence-corrected chi connectivity index (χ1v) is 4.98. The van der Waals surface area contributed by atoms with Crippen LogP contribution in [0.5, 0.6) is 0 Å². The number of hydrogen-bond acceptors (Lipinski definition) is 7. The van der Waals surface area contributed by atoms with Crippen molar-refractivity contribution >= 4 is 31.6 Å².